The van der Waals surface area contributed by atoms with Gasteiger partial charge in [-0.1, -0.05) is 30.3 Å². The zero-order valence-electron chi connectivity index (χ0n) is 10.3. The van der Waals surface area contributed by atoms with Crippen molar-refractivity contribution in [2.75, 3.05) is 0 Å². The summed E-state index contributed by atoms with van der Waals surface area (Å²) in [7, 11) is 0. The third-order valence-corrected chi connectivity index (χ3v) is 3.76. The van der Waals surface area contributed by atoms with Gasteiger partial charge in [-0.05, 0) is 38.2 Å². The molecule has 17 heavy (non-hydrogen) atoms. The predicted molar refractivity (Wildman–Crippen MR) is 69.1 cm³/mol. The van der Waals surface area contributed by atoms with Gasteiger partial charge in [0.15, 0.2) is 0 Å². The standard InChI is InChI=1S/C15H18N2/c1-12(13-7-3-2-4-8-13)17-11-16-14-9-5-6-10-15(14)17/h2-4,7-8,11-12H,5-6,9-10H2,1H3. The second kappa shape index (κ2) is 4.36. The number of benzene rings is 1. The summed E-state index contributed by atoms with van der Waals surface area (Å²) in [4.78, 5) is 4.57. The van der Waals surface area contributed by atoms with Crippen molar-refractivity contribution in [2.45, 2.75) is 38.6 Å². The van der Waals surface area contributed by atoms with Gasteiger partial charge in [-0.15, -0.1) is 0 Å². The highest BCUT2D eigenvalue weighted by molar-refractivity contribution is 5.24. The maximum Gasteiger partial charge on any atom is 0.0957 e. The lowest BCUT2D eigenvalue weighted by Crippen LogP contribution is -2.12. The number of hydrogen-bond acceptors (Lipinski definition) is 1. The topological polar surface area (TPSA) is 17.8 Å². The minimum atomic E-state index is 0.394. The molecule has 0 N–H and O–H groups in total. The molecular weight excluding hydrogens is 208 g/mol. The fourth-order valence-corrected chi connectivity index (χ4v) is 2.72. The lowest BCUT2D eigenvalue weighted by atomic mass is 10.00. The Bertz CT molecular complexity index is 499. The van der Waals surface area contributed by atoms with Gasteiger partial charge in [0.05, 0.1) is 18.1 Å². The molecule has 0 saturated heterocycles. The summed E-state index contributed by atoms with van der Waals surface area (Å²) in [6.07, 6.45) is 6.97. The Hall–Kier alpha value is -1.57. The molecule has 1 atom stereocenters. The molecule has 1 aliphatic rings. The Kier molecular flexibility index (Phi) is 2.71. The normalized spacial score (nSPS) is 16.5. The first kappa shape index (κ1) is 10.6. The zero-order chi connectivity index (χ0) is 11.7. The second-order valence-corrected chi connectivity index (χ2v) is 4.84. The van der Waals surface area contributed by atoms with Crippen molar-refractivity contribution in [3.8, 4) is 0 Å². The van der Waals surface area contributed by atoms with Crippen LogP contribution >= 0.6 is 0 Å². The molecule has 1 unspecified atom stereocenters. The quantitative estimate of drug-likeness (QED) is 0.767. The smallest absolute Gasteiger partial charge is 0.0957 e. The lowest BCUT2D eigenvalue weighted by molar-refractivity contribution is 0.572. The maximum atomic E-state index is 4.57. The van der Waals surface area contributed by atoms with Gasteiger partial charge in [0.2, 0.25) is 0 Å². The van der Waals surface area contributed by atoms with Gasteiger partial charge in [0.1, 0.15) is 0 Å². The van der Waals surface area contributed by atoms with Crippen molar-refractivity contribution >= 4 is 0 Å². The van der Waals surface area contributed by atoms with E-state index < -0.39 is 0 Å². The van der Waals surface area contributed by atoms with Gasteiger partial charge in [0, 0.05) is 5.69 Å². The lowest BCUT2D eigenvalue weighted by Gasteiger charge is -2.19. The fourth-order valence-electron chi connectivity index (χ4n) is 2.72. The molecule has 2 heteroatoms. The van der Waals surface area contributed by atoms with Crippen LogP contribution in [-0.2, 0) is 12.8 Å². The Morgan fingerprint density at radius 1 is 1.12 bits per heavy atom. The van der Waals surface area contributed by atoms with Crippen molar-refractivity contribution in [2.24, 2.45) is 0 Å². The highest BCUT2D eigenvalue weighted by Gasteiger charge is 2.18. The van der Waals surface area contributed by atoms with E-state index in [2.05, 4.69) is 46.8 Å². The van der Waals surface area contributed by atoms with Crippen molar-refractivity contribution in [1.29, 1.82) is 0 Å². The summed E-state index contributed by atoms with van der Waals surface area (Å²) in [5.74, 6) is 0. The first-order valence-corrected chi connectivity index (χ1v) is 6.46. The number of aryl methyl sites for hydroxylation is 1. The molecule has 0 amide bonds. The van der Waals surface area contributed by atoms with Gasteiger partial charge < -0.3 is 4.57 Å². The largest absolute Gasteiger partial charge is 0.327 e. The van der Waals surface area contributed by atoms with E-state index in [0.29, 0.717) is 6.04 Å². The molecule has 0 fully saturated rings. The number of fused-ring (bicyclic) bond motifs is 1. The molecule has 1 heterocycles. The van der Waals surface area contributed by atoms with Gasteiger partial charge in [-0.25, -0.2) is 4.98 Å². The van der Waals surface area contributed by atoms with E-state index in [1.807, 2.05) is 6.33 Å². The maximum absolute atomic E-state index is 4.57. The summed E-state index contributed by atoms with van der Waals surface area (Å²) < 4.78 is 2.35. The molecule has 0 saturated carbocycles. The van der Waals surface area contributed by atoms with Crippen molar-refractivity contribution in [3.05, 3.63) is 53.6 Å². The number of hydrogen-bond donors (Lipinski definition) is 0. The fraction of sp³-hybridized carbons (Fsp3) is 0.400. The monoisotopic (exact) mass is 226 g/mol. The third-order valence-electron chi connectivity index (χ3n) is 3.76. The van der Waals surface area contributed by atoms with Crippen LogP contribution in [0.15, 0.2) is 36.7 Å². The Morgan fingerprint density at radius 2 is 1.88 bits per heavy atom. The first-order chi connectivity index (χ1) is 8.36. The molecule has 2 aromatic rings. The van der Waals surface area contributed by atoms with E-state index in [-0.39, 0.29) is 0 Å². The highest BCUT2D eigenvalue weighted by Crippen LogP contribution is 2.26. The molecule has 1 aromatic carbocycles. The molecule has 88 valence electrons. The average Bonchev–Trinajstić information content (AvgIpc) is 2.83. The predicted octanol–water partition coefficient (Wildman–Crippen LogP) is 3.37. The Balaban J connectivity index is 1.97. The van der Waals surface area contributed by atoms with Crippen LogP contribution in [-0.4, -0.2) is 9.55 Å². The van der Waals surface area contributed by atoms with Crippen LogP contribution < -0.4 is 0 Å². The first-order valence-electron chi connectivity index (χ1n) is 6.46. The van der Waals surface area contributed by atoms with Crippen LogP contribution in [0.1, 0.15) is 42.8 Å². The van der Waals surface area contributed by atoms with Gasteiger partial charge in [-0.3, -0.25) is 0 Å². The summed E-state index contributed by atoms with van der Waals surface area (Å²) in [5, 5.41) is 0. The number of aromatic nitrogens is 2. The summed E-state index contributed by atoms with van der Waals surface area (Å²) in [5.41, 5.74) is 4.13. The molecule has 0 bridgehead atoms. The van der Waals surface area contributed by atoms with E-state index in [1.165, 1.54) is 36.2 Å². The zero-order valence-corrected chi connectivity index (χ0v) is 10.3. The average molecular weight is 226 g/mol. The highest BCUT2D eigenvalue weighted by atomic mass is 15.1. The van der Waals surface area contributed by atoms with E-state index in [9.17, 15) is 0 Å². The van der Waals surface area contributed by atoms with Gasteiger partial charge >= 0.3 is 0 Å². The van der Waals surface area contributed by atoms with E-state index in [0.717, 1.165) is 6.42 Å². The van der Waals surface area contributed by atoms with E-state index in [4.69, 9.17) is 0 Å². The number of imidazole rings is 1. The van der Waals surface area contributed by atoms with Crippen LogP contribution in [0.25, 0.3) is 0 Å². The van der Waals surface area contributed by atoms with Crippen LogP contribution in [0.4, 0.5) is 0 Å². The molecular formula is C15H18N2. The summed E-state index contributed by atoms with van der Waals surface area (Å²) in [6, 6.07) is 11.1. The summed E-state index contributed by atoms with van der Waals surface area (Å²) >= 11 is 0. The molecule has 3 rings (SSSR count). The van der Waals surface area contributed by atoms with Crippen LogP contribution in [0.5, 0.6) is 0 Å². The van der Waals surface area contributed by atoms with Crippen LogP contribution in [0, 0.1) is 0 Å². The Morgan fingerprint density at radius 3 is 2.71 bits per heavy atom. The molecule has 1 aliphatic carbocycles. The number of rotatable bonds is 2. The van der Waals surface area contributed by atoms with Gasteiger partial charge in [-0.2, -0.15) is 0 Å². The van der Waals surface area contributed by atoms with Crippen molar-refractivity contribution in [3.63, 3.8) is 0 Å². The molecule has 2 nitrogen and oxygen atoms in total. The Labute approximate surface area is 102 Å². The number of nitrogens with zero attached hydrogens (tertiary/aromatic N) is 2. The minimum absolute atomic E-state index is 0.394. The minimum Gasteiger partial charge on any atom is -0.327 e. The summed E-state index contributed by atoms with van der Waals surface area (Å²) in [6.45, 7) is 2.26. The molecule has 0 radical (unpaired) electrons. The third kappa shape index (κ3) is 1.88. The SMILES string of the molecule is CC(c1ccccc1)n1cnc2c1CCCC2. The van der Waals surface area contributed by atoms with E-state index >= 15 is 0 Å². The van der Waals surface area contributed by atoms with E-state index in [1.54, 1.807) is 0 Å². The molecule has 0 aliphatic heterocycles. The van der Waals surface area contributed by atoms with Crippen LogP contribution in [0.3, 0.4) is 0 Å². The second-order valence-electron chi connectivity index (χ2n) is 4.84. The van der Waals surface area contributed by atoms with Crippen molar-refractivity contribution in [1.82, 2.24) is 9.55 Å². The molecule has 1 aromatic heterocycles. The van der Waals surface area contributed by atoms with Crippen LogP contribution in [0.2, 0.25) is 0 Å². The molecule has 0 spiro atoms. The van der Waals surface area contributed by atoms with Crippen molar-refractivity contribution < 1.29 is 0 Å². The van der Waals surface area contributed by atoms with Gasteiger partial charge in [0.25, 0.3) is 0 Å².